The van der Waals surface area contributed by atoms with Crippen LogP contribution >= 0.6 is 0 Å². The predicted molar refractivity (Wildman–Crippen MR) is 84.7 cm³/mol. The molecule has 23 heavy (non-hydrogen) atoms. The summed E-state index contributed by atoms with van der Waals surface area (Å²) >= 11 is 0. The first-order valence-corrected chi connectivity index (χ1v) is 7.88. The highest BCUT2D eigenvalue weighted by molar-refractivity contribution is 5.78. The number of carboxylic acid groups (broad SMARTS) is 1. The molecule has 0 aromatic heterocycles. The molecule has 0 aliphatic carbocycles. The standard InChI is InChI=1S/C17H23NO5/c1-22-14-6-8-15(9-7-14)23-12-16(19)18-11-3-2-4-13(18)5-10-17(20)21/h6-9,13H,2-5,10-12H2,1H3,(H,20,21). The number of amides is 1. The van der Waals surface area contributed by atoms with Gasteiger partial charge in [0.15, 0.2) is 6.61 Å². The SMILES string of the molecule is COc1ccc(OCC(=O)N2CCCCC2CCC(=O)O)cc1. The van der Waals surface area contributed by atoms with Crippen LogP contribution < -0.4 is 9.47 Å². The number of aliphatic carboxylic acids is 1. The lowest BCUT2D eigenvalue weighted by Crippen LogP contribution is -2.46. The number of rotatable bonds is 7. The molecule has 1 aromatic rings. The van der Waals surface area contributed by atoms with Crippen molar-refractivity contribution in [1.82, 2.24) is 4.90 Å². The van der Waals surface area contributed by atoms with E-state index in [2.05, 4.69) is 0 Å². The van der Waals surface area contributed by atoms with E-state index in [1.807, 2.05) is 0 Å². The molecule has 1 unspecified atom stereocenters. The minimum Gasteiger partial charge on any atom is -0.497 e. The fourth-order valence-electron chi connectivity index (χ4n) is 2.82. The lowest BCUT2D eigenvalue weighted by molar-refractivity contribution is -0.141. The van der Waals surface area contributed by atoms with Crippen molar-refractivity contribution in [2.75, 3.05) is 20.3 Å². The monoisotopic (exact) mass is 321 g/mol. The van der Waals surface area contributed by atoms with Gasteiger partial charge in [-0.05, 0) is 49.9 Å². The second-order valence-corrected chi connectivity index (χ2v) is 5.63. The Hall–Kier alpha value is -2.24. The number of carboxylic acids is 1. The molecule has 0 radical (unpaired) electrons. The molecular formula is C17H23NO5. The number of benzene rings is 1. The topological polar surface area (TPSA) is 76.1 Å². The first kappa shape index (κ1) is 17.1. The summed E-state index contributed by atoms with van der Waals surface area (Å²) < 4.78 is 10.6. The van der Waals surface area contributed by atoms with Crippen molar-refractivity contribution < 1.29 is 24.2 Å². The third-order valence-electron chi connectivity index (χ3n) is 4.06. The highest BCUT2D eigenvalue weighted by Gasteiger charge is 2.27. The Bertz CT molecular complexity index is 528. The van der Waals surface area contributed by atoms with Crippen LogP contribution in [0.3, 0.4) is 0 Å². The van der Waals surface area contributed by atoms with E-state index in [4.69, 9.17) is 14.6 Å². The second-order valence-electron chi connectivity index (χ2n) is 5.63. The summed E-state index contributed by atoms with van der Waals surface area (Å²) in [5.41, 5.74) is 0. The lowest BCUT2D eigenvalue weighted by atomic mass is 9.98. The molecule has 1 N–H and O–H groups in total. The molecule has 1 aliphatic heterocycles. The van der Waals surface area contributed by atoms with E-state index in [0.29, 0.717) is 18.7 Å². The predicted octanol–water partition coefficient (Wildman–Crippen LogP) is 2.32. The fourth-order valence-corrected chi connectivity index (χ4v) is 2.82. The molecule has 0 spiro atoms. The fraction of sp³-hybridized carbons (Fsp3) is 0.529. The minimum absolute atomic E-state index is 0.00631. The maximum absolute atomic E-state index is 12.4. The van der Waals surface area contributed by atoms with Gasteiger partial charge in [0.1, 0.15) is 11.5 Å². The van der Waals surface area contributed by atoms with E-state index in [1.54, 1.807) is 36.3 Å². The van der Waals surface area contributed by atoms with Gasteiger partial charge in [0.25, 0.3) is 5.91 Å². The molecule has 1 atom stereocenters. The van der Waals surface area contributed by atoms with Crippen LogP contribution in [0.4, 0.5) is 0 Å². The number of nitrogens with zero attached hydrogens (tertiary/aromatic N) is 1. The number of carbonyl (C=O) groups excluding carboxylic acids is 1. The van der Waals surface area contributed by atoms with Gasteiger partial charge in [0.2, 0.25) is 0 Å². The molecule has 1 fully saturated rings. The zero-order chi connectivity index (χ0) is 16.7. The van der Waals surface area contributed by atoms with Crippen LogP contribution in [-0.4, -0.2) is 48.2 Å². The Labute approximate surface area is 136 Å². The van der Waals surface area contributed by atoms with Gasteiger partial charge in [-0.15, -0.1) is 0 Å². The van der Waals surface area contributed by atoms with Gasteiger partial charge < -0.3 is 19.5 Å². The van der Waals surface area contributed by atoms with Crippen LogP contribution in [-0.2, 0) is 9.59 Å². The molecule has 6 nitrogen and oxygen atoms in total. The molecule has 1 aromatic carbocycles. The van der Waals surface area contributed by atoms with Crippen LogP contribution in [0.1, 0.15) is 32.1 Å². The summed E-state index contributed by atoms with van der Waals surface area (Å²) in [5.74, 6) is 0.431. The van der Waals surface area contributed by atoms with Crippen molar-refractivity contribution in [3.05, 3.63) is 24.3 Å². The normalized spacial score (nSPS) is 17.6. The summed E-state index contributed by atoms with van der Waals surface area (Å²) in [4.78, 5) is 24.9. The molecule has 1 saturated heterocycles. The lowest BCUT2D eigenvalue weighted by Gasteiger charge is -2.35. The van der Waals surface area contributed by atoms with E-state index >= 15 is 0 Å². The van der Waals surface area contributed by atoms with E-state index in [0.717, 1.165) is 25.0 Å². The maximum Gasteiger partial charge on any atom is 0.303 e. The van der Waals surface area contributed by atoms with Crippen LogP contribution in [0, 0.1) is 0 Å². The van der Waals surface area contributed by atoms with Gasteiger partial charge in [-0.25, -0.2) is 0 Å². The molecule has 0 bridgehead atoms. The highest BCUT2D eigenvalue weighted by atomic mass is 16.5. The van der Waals surface area contributed by atoms with Crippen molar-refractivity contribution >= 4 is 11.9 Å². The second kappa shape index (κ2) is 8.41. The molecule has 126 valence electrons. The first-order chi connectivity index (χ1) is 11.1. The van der Waals surface area contributed by atoms with E-state index in [-0.39, 0.29) is 25.0 Å². The first-order valence-electron chi connectivity index (χ1n) is 7.88. The zero-order valence-corrected chi connectivity index (χ0v) is 13.4. The molecule has 1 aliphatic rings. The van der Waals surface area contributed by atoms with Crippen molar-refractivity contribution in [3.63, 3.8) is 0 Å². The van der Waals surface area contributed by atoms with E-state index in [9.17, 15) is 9.59 Å². The van der Waals surface area contributed by atoms with E-state index < -0.39 is 5.97 Å². The Balaban J connectivity index is 1.87. The van der Waals surface area contributed by atoms with Crippen LogP contribution in [0.15, 0.2) is 24.3 Å². The van der Waals surface area contributed by atoms with Crippen LogP contribution in [0.5, 0.6) is 11.5 Å². The third kappa shape index (κ3) is 5.16. The molecule has 1 amide bonds. The number of methoxy groups -OCH3 is 1. The zero-order valence-electron chi connectivity index (χ0n) is 13.4. The Morgan fingerprint density at radius 1 is 1.22 bits per heavy atom. The van der Waals surface area contributed by atoms with Crippen molar-refractivity contribution in [2.45, 2.75) is 38.1 Å². The van der Waals surface area contributed by atoms with Gasteiger partial charge in [0, 0.05) is 19.0 Å². The third-order valence-corrected chi connectivity index (χ3v) is 4.06. The number of ether oxygens (including phenoxy) is 2. The summed E-state index contributed by atoms with van der Waals surface area (Å²) in [6.45, 7) is 0.644. The minimum atomic E-state index is -0.822. The largest absolute Gasteiger partial charge is 0.497 e. The van der Waals surface area contributed by atoms with E-state index in [1.165, 1.54) is 0 Å². The molecule has 1 heterocycles. The van der Waals surface area contributed by atoms with Crippen LogP contribution in [0.25, 0.3) is 0 Å². The van der Waals surface area contributed by atoms with Crippen LogP contribution in [0.2, 0.25) is 0 Å². The average molecular weight is 321 g/mol. The maximum atomic E-state index is 12.4. The number of piperidine rings is 1. The smallest absolute Gasteiger partial charge is 0.303 e. The van der Waals surface area contributed by atoms with Gasteiger partial charge in [0.05, 0.1) is 7.11 Å². The summed E-state index contributed by atoms with van der Waals surface area (Å²) in [6, 6.07) is 7.06. The molecule has 0 saturated carbocycles. The van der Waals surface area contributed by atoms with Gasteiger partial charge in [-0.2, -0.15) is 0 Å². The summed E-state index contributed by atoms with van der Waals surface area (Å²) in [7, 11) is 1.59. The number of likely N-dealkylation sites (tertiary alicyclic amines) is 1. The summed E-state index contributed by atoms with van der Waals surface area (Å²) in [5, 5.41) is 8.83. The van der Waals surface area contributed by atoms with Crippen molar-refractivity contribution in [1.29, 1.82) is 0 Å². The average Bonchev–Trinajstić information content (AvgIpc) is 2.58. The van der Waals surface area contributed by atoms with Gasteiger partial charge in [-0.3, -0.25) is 9.59 Å². The molecular weight excluding hydrogens is 298 g/mol. The molecule has 2 rings (SSSR count). The number of carbonyl (C=O) groups is 2. The van der Waals surface area contributed by atoms with Crippen molar-refractivity contribution in [2.24, 2.45) is 0 Å². The number of hydrogen-bond acceptors (Lipinski definition) is 4. The van der Waals surface area contributed by atoms with Gasteiger partial charge in [-0.1, -0.05) is 0 Å². The number of hydrogen-bond donors (Lipinski definition) is 1. The Morgan fingerprint density at radius 2 is 1.91 bits per heavy atom. The van der Waals surface area contributed by atoms with Crippen molar-refractivity contribution in [3.8, 4) is 11.5 Å². The summed E-state index contributed by atoms with van der Waals surface area (Å²) in [6.07, 6.45) is 3.45. The van der Waals surface area contributed by atoms with Gasteiger partial charge >= 0.3 is 5.97 Å². The highest BCUT2D eigenvalue weighted by Crippen LogP contribution is 2.22. The Kier molecular flexibility index (Phi) is 6.26. The molecule has 6 heteroatoms. The Morgan fingerprint density at radius 3 is 2.57 bits per heavy atom. The quantitative estimate of drug-likeness (QED) is 0.834.